The van der Waals surface area contributed by atoms with Gasteiger partial charge in [-0.2, -0.15) is 4.80 Å². The van der Waals surface area contributed by atoms with Crippen LogP contribution in [0.4, 0.5) is 4.39 Å². The molecule has 1 N–H and O–H groups in total. The summed E-state index contributed by atoms with van der Waals surface area (Å²) in [4.78, 5) is 29.9. The Morgan fingerprint density at radius 1 is 1.11 bits per heavy atom. The molecule has 0 fully saturated rings. The molecule has 204 valence electrons. The number of aryl methyl sites for hydroxylation is 1. The fourth-order valence-electron chi connectivity index (χ4n) is 3.92. The minimum Gasteiger partial charge on any atom is -0.382 e. The normalized spacial score (nSPS) is 11.9. The monoisotopic (exact) mass is 524 g/mol. The number of carbonyl (C=O) groups is 2. The summed E-state index contributed by atoms with van der Waals surface area (Å²) < 4.78 is 18.8. The maximum Gasteiger partial charge on any atom is 0.247 e. The lowest BCUT2D eigenvalue weighted by Gasteiger charge is -2.31. The number of carbonyl (C=O) groups excluding carboxylic acids is 2. The molecule has 0 aliphatic carbocycles. The Balaban J connectivity index is 1.86. The number of nitrogens with zero attached hydrogens (tertiary/aromatic N) is 5. The topological polar surface area (TPSA) is 102 Å². The molecule has 3 rings (SSSR count). The fraction of sp³-hybridized carbons (Fsp3) is 0.464. The molecule has 0 aliphatic rings. The van der Waals surface area contributed by atoms with E-state index in [2.05, 4.69) is 34.6 Å². The van der Waals surface area contributed by atoms with Crippen molar-refractivity contribution in [3.8, 4) is 11.4 Å². The van der Waals surface area contributed by atoms with E-state index < -0.39 is 6.04 Å². The molecule has 1 aromatic heterocycles. The molecule has 0 bridgehead atoms. The van der Waals surface area contributed by atoms with Crippen LogP contribution in [-0.4, -0.2) is 63.2 Å². The lowest BCUT2D eigenvalue weighted by molar-refractivity contribution is -0.142. The van der Waals surface area contributed by atoms with Crippen LogP contribution >= 0.6 is 0 Å². The predicted molar refractivity (Wildman–Crippen MR) is 142 cm³/mol. The summed E-state index contributed by atoms with van der Waals surface area (Å²) in [5.74, 6) is -0.215. The molecule has 10 heteroatoms. The quantitative estimate of drug-likeness (QED) is 0.321. The second-order valence-corrected chi connectivity index (χ2v) is 9.57. The van der Waals surface area contributed by atoms with Gasteiger partial charge in [-0.05, 0) is 67.6 Å². The minimum atomic E-state index is -0.822. The molecular weight excluding hydrogens is 487 g/mol. The summed E-state index contributed by atoms with van der Waals surface area (Å²) in [5.41, 5.74) is 2.36. The number of tetrazole rings is 1. The van der Waals surface area contributed by atoms with Gasteiger partial charge in [0.05, 0.1) is 0 Å². The molecule has 38 heavy (non-hydrogen) atoms. The zero-order valence-electron chi connectivity index (χ0n) is 22.6. The molecule has 2 aromatic carbocycles. The standard InChI is InChI=1S/C28H37FN6O3/c1-5-38-18-6-17-34(25(36)19-35-32-27(31-33-35)23-11-13-24(29)14-12-23)26(22-9-7-21(4)8-10-22)28(37)30-16-15-20(2)3/h7-14,20,26H,5-6,15-19H2,1-4H3,(H,30,37). The lowest BCUT2D eigenvalue weighted by atomic mass is 10.0. The third-order valence-corrected chi connectivity index (χ3v) is 6.02. The van der Waals surface area contributed by atoms with E-state index in [-0.39, 0.29) is 30.0 Å². The van der Waals surface area contributed by atoms with Gasteiger partial charge >= 0.3 is 0 Å². The fourth-order valence-corrected chi connectivity index (χ4v) is 3.92. The van der Waals surface area contributed by atoms with E-state index >= 15 is 0 Å². The molecule has 1 atom stereocenters. The Morgan fingerprint density at radius 2 is 1.82 bits per heavy atom. The third-order valence-electron chi connectivity index (χ3n) is 6.02. The number of ether oxygens (including phenoxy) is 1. The zero-order chi connectivity index (χ0) is 27.5. The van der Waals surface area contributed by atoms with E-state index in [1.165, 1.54) is 16.9 Å². The molecule has 1 heterocycles. The molecule has 0 saturated heterocycles. The van der Waals surface area contributed by atoms with Gasteiger partial charge in [0, 0.05) is 31.9 Å². The molecule has 2 amide bonds. The van der Waals surface area contributed by atoms with Gasteiger partial charge in [-0.3, -0.25) is 9.59 Å². The Hall–Kier alpha value is -3.66. The number of hydrogen-bond acceptors (Lipinski definition) is 6. The highest BCUT2D eigenvalue weighted by molar-refractivity contribution is 5.88. The number of nitrogens with one attached hydrogen (secondary N) is 1. The largest absolute Gasteiger partial charge is 0.382 e. The maximum atomic E-state index is 13.7. The van der Waals surface area contributed by atoms with Crippen LogP contribution in [0.15, 0.2) is 48.5 Å². The van der Waals surface area contributed by atoms with Crippen LogP contribution in [0.5, 0.6) is 0 Å². The van der Waals surface area contributed by atoms with Crippen molar-refractivity contribution in [2.75, 3.05) is 26.3 Å². The van der Waals surface area contributed by atoms with Crippen molar-refractivity contribution in [3.05, 3.63) is 65.5 Å². The SMILES string of the molecule is CCOCCCN(C(=O)Cn1nnc(-c2ccc(F)cc2)n1)C(C(=O)NCCC(C)C)c1ccc(C)cc1. The summed E-state index contributed by atoms with van der Waals surface area (Å²) >= 11 is 0. The van der Waals surface area contributed by atoms with Gasteiger partial charge in [-0.15, -0.1) is 10.2 Å². The van der Waals surface area contributed by atoms with Crippen LogP contribution in [0, 0.1) is 18.7 Å². The number of amides is 2. The number of rotatable bonds is 14. The maximum absolute atomic E-state index is 13.7. The minimum absolute atomic E-state index is 0.204. The van der Waals surface area contributed by atoms with Gasteiger partial charge in [0.25, 0.3) is 0 Å². The van der Waals surface area contributed by atoms with E-state index in [0.29, 0.717) is 44.2 Å². The average molecular weight is 525 g/mol. The summed E-state index contributed by atoms with van der Waals surface area (Å²) in [6.07, 6.45) is 1.40. The van der Waals surface area contributed by atoms with Gasteiger partial charge in [0.15, 0.2) is 0 Å². The summed E-state index contributed by atoms with van der Waals surface area (Å²) in [7, 11) is 0. The highest BCUT2D eigenvalue weighted by atomic mass is 19.1. The van der Waals surface area contributed by atoms with Gasteiger partial charge in [-0.25, -0.2) is 4.39 Å². The first-order valence-electron chi connectivity index (χ1n) is 13.0. The average Bonchev–Trinajstić information content (AvgIpc) is 3.35. The molecule has 0 saturated carbocycles. The summed E-state index contributed by atoms with van der Waals surface area (Å²) in [6, 6.07) is 12.5. The van der Waals surface area contributed by atoms with Gasteiger partial charge in [0.2, 0.25) is 17.6 Å². The second kappa shape index (κ2) is 14.3. The molecule has 0 radical (unpaired) electrons. The van der Waals surface area contributed by atoms with E-state index in [4.69, 9.17) is 4.74 Å². The van der Waals surface area contributed by atoms with Crippen molar-refractivity contribution in [3.63, 3.8) is 0 Å². The lowest BCUT2D eigenvalue weighted by Crippen LogP contribution is -2.46. The molecule has 3 aromatic rings. The van der Waals surface area contributed by atoms with Crippen LogP contribution in [0.1, 0.15) is 50.8 Å². The van der Waals surface area contributed by atoms with Crippen LogP contribution < -0.4 is 5.32 Å². The third kappa shape index (κ3) is 8.44. The number of hydrogen-bond donors (Lipinski definition) is 1. The van der Waals surface area contributed by atoms with Gasteiger partial charge in [0.1, 0.15) is 18.4 Å². The molecule has 1 unspecified atom stereocenters. The van der Waals surface area contributed by atoms with Gasteiger partial charge in [-0.1, -0.05) is 43.7 Å². The predicted octanol–water partition coefficient (Wildman–Crippen LogP) is 3.95. The Bertz CT molecular complexity index is 1160. The van der Waals surface area contributed by atoms with E-state index in [9.17, 15) is 14.0 Å². The molecule has 0 spiro atoms. The van der Waals surface area contributed by atoms with E-state index in [0.717, 1.165) is 17.5 Å². The van der Waals surface area contributed by atoms with Crippen molar-refractivity contribution in [2.45, 2.75) is 53.1 Å². The van der Waals surface area contributed by atoms with Crippen LogP contribution in [0.3, 0.4) is 0 Å². The first-order chi connectivity index (χ1) is 18.3. The highest BCUT2D eigenvalue weighted by Gasteiger charge is 2.31. The van der Waals surface area contributed by atoms with E-state index in [1.807, 2.05) is 38.1 Å². The van der Waals surface area contributed by atoms with Crippen molar-refractivity contribution in [1.82, 2.24) is 30.4 Å². The second-order valence-electron chi connectivity index (χ2n) is 9.57. The van der Waals surface area contributed by atoms with Gasteiger partial charge < -0.3 is 15.0 Å². The molecule has 9 nitrogen and oxygen atoms in total. The van der Waals surface area contributed by atoms with Crippen molar-refractivity contribution in [2.24, 2.45) is 5.92 Å². The number of aromatic nitrogens is 4. The molecule has 0 aliphatic heterocycles. The van der Waals surface area contributed by atoms with Crippen LogP contribution in [0.25, 0.3) is 11.4 Å². The number of halogens is 1. The van der Waals surface area contributed by atoms with Crippen LogP contribution in [0.2, 0.25) is 0 Å². The summed E-state index contributed by atoms with van der Waals surface area (Å²) in [6.45, 7) is 9.74. The smallest absolute Gasteiger partial charge is 0.247 e. The van der Waals surface area contributed by atoms with Crippen LogP contribution in [-0.2, 0) is 20.9 Å². The van der Waals surface area contributed by atoms with Crippen molar-refractivity contribution >= 4 is 11.8 Å². The van der Waals surface area contributed by atoms with E-state index in [1.54, 1.807) is 17.0 Å². The Kier molecular flexibility index (Phi) is 10.9. The first kappa shape index (κ1) is 28.9. The van der Waals surface area contributed by atoms with Crippen molar-refractivity contribution in [1.29, 1.82) is 0 Å². The zero-order valence-corrected chi connectivity index (χ0v) is 22.6. The van der Waals surface area contributed by atoms with Crippen molar-refractivity contribution < 1.29 is 18.7 Å². The highest BCUT2D eigenvalue weighted by Crippen LogP contribution is 2.23. The Morgan fingerprint density at radius 3 is 2.47 bits per heavy atom. The number of benzene rings is 2. The first-order valence-corrected chi connectivity index (χ1v) is 13.0. The summed E-state index contributed by atoms with van der Waals surface area (Å²) in [5, 5.41) is 15.3. The molecular formula is C28H37FN6O3. The Labute approximate surface area is 223 Å².